The van der Waals surface area contributed by atoms with Crippen molar-refractivity contribution in [3.05, 3.63) is 0 Å². The number of nitrogens with zero attached hydrogens (tertiary/aromatic N) is 2. The third-order valence-corrected chi connectivity index (χ3v) is 3.03. The lowest BCUT2D eigenvalue weighted by Crippen LogP contribution is -2.28. The SMILES string of the molecule is CCOC(=O)NN=C1CCCCCCC1=NNC(=O)OCC. The summed E-state index contributed by atoms with van der Waals surface area (Å²) in [5.74, 6) is 0. The van der Waals surface area contributed by atoms with Crippen molar-refractivity contribution in [3.63, 3.8) is 0 Å². The van der Waals surface area contributed by atoms with E-state index in [0.717, 1.165) is 25.7 Å². The van der Waals surface area contributed by atoms with E-state index >= 15 is 0 Å². The quantitative estimate of drug-likeness (QED) is 0.779. The van der Waals surface area contributed by atoms with Crippen molar-refractivity contribution in [2.45, 2.75) is 52.4 Å². The molecule has 8 heteroatoms. The summed E-state index contributed by atoms with van der Waals surface area (Å²) in [7, 11) is 0. The van der Waals surface area contributed by atoms with Gasteiger partial charge in [0.25, 0.3) is 0 Å². The first-order valence-corrected chi connectivity index (χ1v) is 7.66. The Morgan fingerprint density at radius 1 is 0.864 bits per heavy atom. The number of hydrogen-bond acceptors (Lipinski definition) is 6. The van der Waals surface area contributed by atoms with E-state index < -0.39 is 12.2 Å². The number of carbonyl (C=O) groups excluding carboxylic acids is 2. The van der Waals surface area contributed by atoms with E-state index in [1.807, 2.05) is 0 Å². The Bertz CT molecular complexity index is 395. The molecule has 0 atom stereocenters. The fourth-order valence-corrected chi connectivity index (χ4v) is 2.02. The Hall–Kier alpha value is -2.12. The van der Waals surface area contributed by atoms with E-state index in [1.54, 1.807) is 13.8 Å². The third-order valence-electron chi connectivity index (χ3n) is 3.03. The summed E-state index contributed by atoms with van der Waals surface area (Å²) in [5, 5.41) is 8.16. The topological polar surface area (TPSA) is 101 Å². The highest BCUT2D eigenvalue weighted by atomic mass is 16.6. The normalized spacial score (nSPS) is 19.2. The van der Waals surface area contributed by atoms with Crippen LogP contribution < -0.4 is 10.9 Å². The molecule has 0 radical (unpaired) electrons. The van der Waals surface area contributed by atoms with Gasteiger partial charge in [0.05, 0.1) is 24.6 Å². The number of nitrogens with one attached hydrogen (secondary N) is 2. The largest absolute Gasteiger partial charge is 0.449 e. The standard InChI is InChI=1S/C14H24N4O4/c1-3-21-13(19)17-15-11-9-7-5-6-8-10-12(11)16-18-14(20)22-4-2/h3-10H2,1-2H3,(H,17,19)(H,18,20). The molecule has 8 nitrogen and oxygen atoms in total. The molecule has 1 saturated carbocycles. The fraction of sp³-hybridized carbons (Fsp3) is 0.714. The molecule has 22 heavy (non-hydrogen) atoms. The molecule has 1 aliphatic rings. The molecule has 0 unspecified atom stereocenters. The Kier molecular flexibility index (Phi) is 8.63. The van der Waals surface area contributed by atoms with Crippen molar-refractivity contribution < 1.29 is 19.1 Å². The molecule has 1 rings (SSSR count). The van der Waals surface area contributed by atoms with Gasteiger partial charge in [-0.2, -0.15) is 10.2 Å². The van der Waals surface area contributed by atoms with Crippen LogP contribution in [0.4, 0.5) is 9.59 Å². The summed E-state index contributed by atoms with van der Waals surface area (Å²) >= 11 is 0. The molecule has 0 saturated heterocycles. The lowest BCUT2D eigenvalue weighted by Gasteiger charge is -2.14. The summed E-state index contributed by atoms with van der Waals surface area (Å²) in [5.41, 5.74) is 6.01. The number of amides is 2. The molecule has 2 amide bonds. The summed E-state index contributed by atoms with van der Waals surface area (Å²) in [6, 6.07) is 0. The third kappa shape index (κ3) is 7.05. The molecule has 124 valence electrons. The Labute approximate surface area is 130 Å². The molecule has 0 aromatic carbocycles. The van der Waals surface area contributed by atoms with Crippen LogP contribution in [0.15, 0.2) is 10.2 Å². The molecule has 0 spiro atoms. The predicted molar refractivity (Wildman–Crippen MR) is 82.9 cm³/mol. The molecular weight excluding hydrogens is 288 g/mol. The average Bonchev–Trinajstić information content (AvgIpc) is 2.46. The minimum atomic E-state index is -0.602. The van der Waals surface area contributed by atoms with Gasteiger partial charge in [-0.3, -0.25) is 0 Å². The van der Waals surface area contributed by atoms with Crippen LogP contribution in [0.25, 0.3) is 0 Å². The second kappa shape index (κ2) is 10.6. The van der Waals surface area contributed by atoms with Crippen molar-refractivity contribution >= 4 is 23.6 Å². The van der Waals surface area contributed by atoms with Crippen molar-refractivity contribution in [3.8, 4) is 0 Å². The van der Waals surface area contributed by atoms with Gasteiger partial charge in [0, 0.05) is 0 Å². The molecule has 0 bridgehead atoms. The minimum absolute atomic E-state index is 0.280. The van der Waals surface area contributed by atoms with Crippen LogP contribution in [-0.2, 0) is 9.47 Å². The molecule has 2 N–H and O–H groups in total. The summed E-state index contributed by atoms with van der Waals surface area (Å²) in [6.45, 7) is 4.00. The smallest absolute Gasteiger partial charge is 0.427 e. The van der Waals surface area contributed by atoms with E-state index in [-0.39, 0.29) is 13.2 Å². The highest BCUT2D eigenvalue weighted by Crippen LogP contribution is 2.13. The van der Waals surface area contributed by atoms with Gasteiger partial charge in [-0.15, -0.1) is 0 Å². The van der Waals surface area contributed by atoms with Crippen LogP contribution in [0.2, 0.25) is 0 Å². The van der Waals surface area contributed by atoms with Crippen molar-refractivity contribution in [1.82, 2.24) is 10.9 Å². The molecule has 0 heterocycles. The van der Waals surface area contributed by atoms with Crippen molar-refractivity contribution in [2.24, 2.45) is 10.2 Å². The van der Waals surface area contributed by atoms with Crippen LogP contribution in [0.1, 0.15) is 52.4 Å². The molecule has 0 aromatic heterocycles. The summed E-state index contributed by atoms with van der Waals surface area (Å²) in [4.78, 5) is 22.7. The van der Waals surface area contributed by atoms with Gasteiger partial charge in [-0.25, -0.2) is 20.4 Å². The Morgan fingerprint density at radius 3 is 1.64 bits per heavy atom. The van der Waals surface area contributed by atoms with Crippen LogP contribution in [-0.4, -0.2) is 36.8 Å². The molecule has 1 aliphatic carbocycles. The molecule has 0 aliphatic heterocycles. The Balaban J connectivity index is 2.75. The van der Waals surface area contributed by atoms with E-state index in [9.17, 15) is 9.59 Å². The maximum atomic E-state index is 11.3. The lowest BCUT2D eigenvalue weighted by atomic mass is 9.97. The van der Waals surface area contributed by atoms with Crippen LogP contribution in [0, 0.1) is 0 Å². The van der Waals surface area contributed by atoms with Crippen molar-refractivity contribution in [1.29, 1.82) is 0 Å². The first-order chi connectivity index (χ1) is 10.7. The van der Waals surface area contributed by atoms with Gasteiger partial charge >= 0.3 is 12.2 Å². The van der Waals surface area contributed by atoms with Crippen molar-refractivity contribution in [2.75, 3.05) is 13.2 Å². The van der Waals surface area contributed by atoms with Gasteiger partial charge in [0.15, 0.2) is 0 Å². The van der Waals surface area contributed by atoms with Gasteiger partial charge in [-0.05, 0) is 39.5 Å². The van der Waals surface area contributed by atoms with Crippen LogP contribution in [0.3, 0.4) is 0 Å². The first-order valence-electron chi connectivity index (χ1n) is 7.66. The zero-order valence-corrected chi connectivity index (χ0v) is 13.2. The summed E-state index contributed by atoms with van der Waals surface area (Å²) < 4.78 is 9.54. The monoisotopic (exact) mass is 312 g/mol. The van der Waals surface area contributed by atoms with E-state index in [4.69, 9.17) is 9.47 Å². The number of hydrazone groups is 2. The number of carbonyl (C=O) groups is 2. The number of rotatable bonds is 4. The van der Waals surface area contributed by atoms with E-state index in [0.29, 0.717) is 24.3 Å². The maximum Gasteiger partial charge on any atom is 0.427 e. The number of hydrogen-bond donors (Lipinski definition) is 2. The van der Waals surface area contributed by atoms with Crippen LogP contribution >= 0.6 is 0 Å². The predicted octanol–water partition coefficient (Wildman–Crippen LogP) is 2.54. The minimum Gasteiger partial charge on any atom is -0.449 e. The first kappa shape index (κ1) is 17.9. The van der Waals surface area contributed by atoms with E-state index in [1.165, 1.54) is 0 Å². The Morgan fingerprint density at radius 2 is 1.27 bits per heavy atom. The maximum absolute atomic E-state index is 11.3. The highest BCUT2D eigenvalue weighted by Gasteiger charge is 2.14. The molecular formula is C14H24N4O4. The van der Waals surface area contributed by atoms with Gasteiger partial charge < -0.3 is 9.47 Å². The van der Waals surface area contributed by atoms with Gasteiger partial charge in [-0.1, -0.05) is 12.8 Å². The molecule has 1 fully saturated rings. The van der Waals surface area contributed by atoms with Gasteiger partial charge in [0.1, 0.15) is 0 Å². The fourth-order valence-electron chi connectivity index (χ4n) is 2.02. The summed E-state index contributed by atoms with van der Waals surface area (Å²) in [6.07, 6.45) is 4.31. The second-order valence-corrected chi connectivity index (χ2v) is 4.70. The van der Waals surface area contributed by atoms with Crippen LogP contribution in [0.5, 0.6) is 0 Å². The zero-order valence-electron chi connectivity index (χ0n) is 13.2. The second-order valence-electron chi connectivity index (χ2n) is 4.70. The zero-order chi connectivity index (χ0) is 16.2. The molecule has 0 aromatic rings. The van der Waals surface area contributed by atoms with Gasteiger partial charge in [0.2, 0.25) is 0 Å². The lowest BCUT2D eigenvalue weighted by molar-refractivity contribution is 0.151. The number of ether oxygens (including phenoxy) is 2. The highest BCUT2D eigenvalue weighted by molar-refractivity contribution is 6.42. The average molecular weight is 312 g/mol. The van der Waals surface area contributed by atoms with E-state index in [2.05, 4.69) is 21.1 Å².